The molecule has 2 aromatic carbocycles. The molecule has 1 N–H and O–H groups in total. The highest BCUT2D eigenvalue weighted by Gasteiger charge is 2.10. The van der Waals surface area contributed by atoms with Crippen molar-refractivity contribution in [3.8, 4) is 0 Å². The maximum atomic E-state index is 10.6. The molecule has 0 saturated heterocycles. The molecule has 0 amide bonds. The van der Waals surface area contributed by atoms with Crippen LogP contribution in [0.1, 0.15) is 18.5 Å². The molecule has 0 spiro atoms. The van der Waals surface area contributed by atoms with E-state index in [1.54, 1.807) is 30.3 Å². The van der Waals surface area contributed by atoms with Crippen molar-refractivity contribution in [2.24, 2.45) is 0 Å². The van der Waals surface area contributed by atoms with Crippen LogP contribution in [0.15, 0.2) is 42.5 Å². The summed E-state index contributed by atoms with van der Waals surface area (Å²) in [4.78, 5) is 10.2. The number of hydrogen-bond donors (Lipinski definition) is 1. The number of anilines is 1. The molecule has 0 aromatic heterocycles. The maximum absolute atomic E-state index is 10.6. The van der Waals surface area contributed by atoms with E-state index in [0.29, 0.717) is 10.0 Å². The zero-order valence-electron chi connectivity index (χ0n) is 10.6. The van der Waals surface area contributed by atoms with Crippen LogP contribution in [0.5, 0.6) is 0 Å². The molecule has 0 aliphatic rings. The summed E-state index contributed by atoms with van der Waals surface area (Å²) in [6, 6.07) is 11.6. The van der Waals surface area contributed by atoms with Crippen LogP contribution in [0.25, 0.3) is 0 Å². The van der Waals surface area contributed by atoms with Crippen molar-refractivity contribution in [3.05, 3.63) is 68.2 Å². The number of halogens is 2. The highest BCUT2D eigenvalue weighted by Crippen LogP contribution is 2.29. The van der Waals surface area contributed by atoms with E-state index in [1.807, 2.05) is 6.92 Å². The lowest BCUT2D eigenvalue weighted by atomic mass is 10.1. The van der Waals surface area contributed by atoms with Crippen molar-refractivity contribution < 1.29 is 4.92 Å². The van der Waals surface area contributed by atoms with Gasteiger partial charge in [0.1, 0.15) is 0 Å². The average Bonchev–Trinajstić information content (AvgIpc) is 2.42. The minimum absolute atomic E-state index is 0.0329. The Hall–Kier alpha value is -1.78. The molecule has 0 heterocycles. The fourth-order valence-electron chi connectivity index (χ4n) is 1.81. The van der Waals surface area contributed by atoms with Gasteiger partial charge in [0.05, 0.1) is 15.6 Å². The molecule has 104 valence electrons. The first-order chi connectivity index (χ1) is 9.47. The van der Waals surface area contributed by atoms with E-state index < -0.39 is 4.92 Å². The van der Waals surface area contributed by atoms with E-state index in [4.69, 9.17) is 23.2 Å². The summed E-state index contributed by atoms with van der Waals surface area (Å²) in [5.74, 6) is 0. The monoisotopic (exact) mass is 310 g/mol. The van der Waals surface area contributed by atoms with E-state index in [-0.39, 0.29) is 11.7 Å². The van der Waals surface area contributed by atoms with Crippen LogP contribution in [-0.4, -0.2) is 4.92 Å². The zero-order valence-corrected chi connectivity index (χ0v) is 12.2. The molecule has 0 saturated carbocycles. The first-order valence-electron chi connectivity index (χ1n) is 5.93. The van der Waals surface area contributed by atoms with Crippen LogP contribution < -0.4 is 5.32 Å². The number of nitro benzene ring substituents is 1. The highest BCUT2D eigenvalue weighted by atomic mass is 35.5. The minimum Gasteiger partial charge on any atom is -0.377 e. The summed E-state index contributed by atoms with van der Waals surface area (Å²) in [6.07, 6.45) is 0. The Kier molecular flexibility index (Phi) is 4.47. The number of rotatable bonds is 4. The minimum atomic E-state index is -0.419. The topological polar surface area (TPSA) is 55.2 Å². The van der Waals surface area contributed by atoms with Crippen molar-refractivity contribution in [2.75, 3.05) is 5.32 Å². The summed E-state index contributed by atoms with van der Waals surface area (Å²) in [6.45, 7) is 1.95. The Morgan fingerprint density at radius 2 is 1.80 bits per heavy atom. The van der Waals surface area contributed by atoms with Gasteiger partial charge in [-0.3, -0.25) is 10.1 Å². The SMILES string of the molecule is CC(Nc1ccc(Cl)cc1Cl)c1ccc([N+](=O)[O-])cc1. The first kappa shape index (κ1) is 14.6. The quantitative estimate of drug-likeness (QED) is 0.633. The molecular formula is C14H12Cl2N2O2. The number of nitrogens with one attached hydrogen (secondary N) is 1. The molecule has 0 radical (unpaired) electrons. The molecule has 0 fully saturated rings. The number of benzene rings is 2. The van der Waals surface area contributed by atoms with Crippen molar-refractivity contribution in [1.29, 1.82) is 0 Å². The Labute approximate surface area is 126 Å². The van der Waals surface area contributed by atoms with Gasteiger partial charge in [0, 0.05) is 23.2 Å². The summed E-state index contributed by atoms with van der Waals surface area (Å²) in [5.41, 5.74) is 1.77. The summed E-state index contributed by atoms with van der Waals surface area (Å²) < 4.78 is 0. The number of nitrogens with zero attached hydrogens (tertiary/aromatic N) is 1. The Bertz CT molecular complexity index is 630. The van der Waals surface area contributed by atoms with E-state index in [1.165, 1.54) is 12.1 Å². The Balaban J connectivity index is 2.15. The third kappa shape index (κ3) is 3.40. The lowest BCUT2D eigenvalue weighted by Crippen LogP contribution is -2.07. The lowest BCUT2D eigenvalue weighted by molar-refractivity contribution is -0.384. The second kappa shape index (κ2) is 6.11. The summed E-state index contributed by atoms with van der Waals surface area (Å²) in [5, 5.41) is 15.0. The third-order valence-electron chi connectivity index (χ3n) is 2.91. The molecule has 6 heteroatoms. The normalized spacial score (nSPS) is 11.9. The predicted molar refractivity (Wildman–Crippen MR) is 81.6 cm³/mol. The summed E-state index contributed by atoms with van der Waals surface area (Å²) >= 11 is 11.9. The first-order valence-corrected chi connectivity index (χ1v) is 6.69. The fourth-order valence-corrected chi connectivity index (χ4v) is 2.27. The van der Waals surface area contributed by atoms with Gasteiger partial charge in [0.15, 0.2) is 0 Å². The van der Waals surface area contributed by atoms with Gasteiger partial charge >= 0.3 is 0 Å². The molecule has 4 nitrogen and oxygen atoms in total. The molecule has 0 aliphatic heterocycles. The van der Waals surface area contributed by atoms with Crippen molar-refractivity contribution in [1.82, 2.24) is 0 Å². The Morgan fingerprint density at radius 1 is 1.15 bits per heavy atom. The molecule has 1 atom stereocenters. The van der Waals surface area contributed by atoms with Crippen LogP contribution in [0.2, 0.25) is 10.0 Å². The van der Waals surface area contributed by atoms with Gasteiger partial charge < -0.3 is 5.32 Å². The average molecular weight is 311 g/mol. The van der Waals surface area contributed by atoms with Gasteiger partial charge in [0.25, 0.3) is 5.69 Å². The molecule has 2 rings (SSSR count). The third-order valence-corrected chi connectivity index (χ3v) is 3.45. The van der Waals surface area contributed by atoms with Crippen LogP contribution >= 0.6 is 23.2 Å². The molecule has 0 aliphatic carbocycles. The van der Waals surface area contributed by atoms with Crippen LogP contribution in [-0.2, 0) is 0 Å². The zero-order chi connectivity index (χ0) is 14.7. The van der Waals surface area contributed by atoms with Gasteiger partial charge in [-0.1, -0.05) is 35.3 Å². The van der Waals surface area contributed by atoms with E-state index >= 15 is 0 Å². The number of nitro groups is 1. The molecular weight excluding hydrogens is 299 g/mol. The van der Waals surface area contributed by atoms with Crippen molar-refractivity contribution in [2.45, 2.75) is 13.0 Å². The molecule has 0 bridgehead atoms. The molecule has 20 heavy (non-hydrogen) atoms. The summed E-state index contributed by atoms with van der Waals surface area (Å²) in [7, 11) is 0. The standard InChI is InChI=1S/C14H12Cl2N2O2/c1-9(10-2-5-12(6-3-10)18(19)20)17-14-7-4-11(15)8-13(14)16/h2-9,17H,1H3. The van der Waals surface area contributed by atoms with Crippen LogP contribution in [0.3, 0.4) is 0 Å². The van der Waals surface area contributed by atoms with Gasteiger partial charge in [-0.05, 0) is 30.7 Å². The second-order valence-corrected chi connectivity index (χ2v) is 5.18. The Morgan fingerprint density at radius 3 is 2.35 bits per heavy atom. The smallest absolute Gasteiger partial charge is 0.269 e. The molecule has 1 unspecified atom stereocenters. The highest BCUT2D eigenvalue weighted by molar-refractivity contribution is 6.36. The number of non-ortho nitro benzene ring substituents is 1. The van der Waals surface area contributed by atoms with Crippen LogP contribution in [0, 0.1) is 10.1 Å². The maximum Gasteiger partial charge on any atom is 0.269 e. The van der Waals surface area contributed by atoms with Gasteiger partial charge in [-0.25, -0.2) is 0 Å². The van der Waals surface area contributed by atoms with E-state index in [0.717, 1.165) is 11.3 Å². The lowest BCUT2D eigenvalue weighted by Gasteiger charge is -2.16. The van der Waals surface area contributed by atoms with Crippen LogP contribution in [0.4, 0.5) is 11.4 Å². The fraction of sp³-hybridized carbons (Fsp3) is 0.143. The predicted octanol–water partition coefficient (Wildman–Crippen LogP) is 5.07. The number of hydrogen-bond acceptors (Lipinski definition) is 3. The second-order valence-electron chi connectivity index (χ2n) is 4.34. The van der Waals surface area contributed by atoms with Gasteiger partial charge in [-0.15, -0.1) is 0 Å². The largest absolute Gasteiger partial charge is 0.377 e. The van der Waals surface area contributed by atoms with Gasteiger partial charge in [-0.2, -0.15) is 0 Å². The van der Waals surface area contributed by atoms with E-state index in [2.05, 4.69) is 5.32 Å². The van der Waals surface area contributed by atoms with Crippen molar-refractivity contribution in [3.63, 3.8) is 0 Å². The van der Waals surface area contributed by atoms with Crippen molar-refractivity contribution >= 4 is 34.6 Å². The van der Waals surface area contributed by atoms with E-state index in [9.17, 15) is 10.1 Å². The van der Waals surface area contributed by atoms with Gasteiger partial charge in [0.2, 0.25) is 0 Å². The molecule has 2 aromatic rings.